The molecule has 2 aliphatic rings. The zero-order valence-electron chi connectivity index (χ0n) is 14.4. The molecule has 1 atom stereocenters. The van der Waals surface area contributed by atoms with E-state index < -0.39 is 5.97 Å². The molecule has 1 amide bonds. The number of nitrogens with zero attached hydrogens (tertiary/aromatic N) is 1. The van der Waals surface area contributed by atoms with E-state index in [1.54, 1.807) is 11.8 Å². The first kappa shape index (κ1) is 18.6. The Morgan fingerprint density at radius 3 is 2.48 bits per heavy atom. The highest BCUT2D eigenvalue weighted by molar-refractivity contribution is 8.02. The second-order valence-corrected chi connectivity index (χ2v) is 8.53. The maximum Gasteiger partial charge on any atom is 0.305 e. The van der Waals surface area contributed by atoms with Crippen LogP contribution in [-0.4, -0.2) is 38.5 Å². The summed E-state index contributed by atoms with van der Waals surface area (Å²) in [6.45, 7) is 3.03. The van der Waals surface area contributed by atoms with Gasteiger partial charge in [-0.1, -0.05) is 58.3 Å². The largest absolute Gasteiger partial charge is 0.481 e. The van der Waals surface area contributed by atoms with Crippen LogP contribution in [0.4, 0.5) is 0 Å². The number of hydrogen-bond acceptors (Lipinski definition) is 3. The van der Waals surface area contributed by atoms with E-state index in [4.69, 9.17) is 5.11 Å². The number of carbonyl (C=O) groups excluding carboxylic acids is 1. The number of carboxylic acids is 1. The van der Waals surface area contributed by atoms with Crippen molar-refractivity contribution < 1.29 is 14.7 Å². The van der Waals surface area contributed by atoms with Crippen LogP contribution in [0.1, 0.15) is 84.0 Å². The van der Waals surface area contributed by atoms with Crippen LogP contribution in [0, 0.1) is 0 Å². The Morgan fingerprint density at radius 2 is 1.83 bits per heavy atom. The van der Waals surface area contributed by atoms with Crippen LogP contribution in [0.3, 0.4) is 0 Å². The van der Waals surface area contributed by atoms with Crippen LogP contribution in [0.5, 0.6) is 0 Å². The Labute approximate surface area is 144 Å². The standard InChI is InChI=1S/C18H31NO3S/c1-2-3-4-5-6-10-13-19-17(22)15(14-16(20)21)23-18(19)11-8-7-9-12-18/h15H,2-14H2,1H3,(H,20,21). The van der Waals surface area contributed by atoms with Crippen molar-refractivity contribution in [2.24, 2.45) is 0 Å². The lowest BCUT2D eigenvalue weighted by Gasteiger charge is -2.40. The highest BCUT2D eigenvalue weighted by Gasteiger charge is 2.51. The highest BCUT2D eigenvalue weighted by atomic mass is 32.2. The third kappa shape index (κ3) is 4.88. The lowest BCUT2D eigenvalue weighted by atomic mass is 9.93. The summed E-state index contributed by atoms with van der Waals surface area (Å²) in [6.07, 6.45) is 12.9. The second kappa shape index (κ2) is 8.95. The Morgan fingerprint density at radius 1 is 1.17 bits per heavy atom. The van der Waals surface area contributed by atoms with Crippen molar-refractivity contribution >= 4 is 23.6 Å². The number of rotatable bonds is 9. The minimum atomic E-state index is -0.858. The summed E-state index contributed by atoms with van der Waals surface area (Å²) < 4.78 is 0. The fourth-order valence-electron chi connectivity index (χ4n) is 3.90. The number of carboxylic acid groups (broad SMARTS) is 1. The molecular weight excluding hydrogens is 310 g/mol. The van der Waals surface area contributed by atoms with Gasteiger partial charge in [0.15, 0.2) is 0 Å². The van der Waals surface area contributed by atoms with Crippen molar-refractivity contribution in [3.05, 3.63) is 0 Å². The van der Waals surface area contributed by atoms with Gasteiger partial charge in [-0.3, -0.25) is 9.59 Å². The lowest BCUT2D eigenvalue weighted by molar-refractivity contribution is -0.140. The van der Waals surface area contributed by atoms with Crippen LogP contribution in [0.2, 0.25) is 0 Å². The van der Waals surface area contributed by atoms with Gasteiger partial charge in [-0.25, -0.2) is 0 Å². The molecule has 0 radical (unpaired) electrons. The van der Waals surface area contributed by atoms with E-state index in [9.17, 15) is 9.59 Å². The summed E-state index contributed by atoms with van der Waals surface area (Å²) in [5.74, 6) is -0.781. The monoisotopic (exact) mass is 341 g/mol. The quantitative estimate of drug-likeness (QED) is 0.630. The van der Waals surface area contributed by atoms with Gasteiger partial charge in [0.1, 0.15) is 0 Å². The summed E-state index contributed by atoms with van der Waals surface area (Å²) in [4.78, 5) is 25.7. The average molecular weight is 342 g/mol. The third-order valence-electron chi connectivity index (χ3n) is 5.13. The maximum atomic E-state index is 12.7. The molecule has 2 fully saturated rings. The third-order valence-corrected chi connectivity index (χ3v) is 6.85. The predicted octanol–water partition coefficient (Wildman–Crippen LogP) is 4.43. The zero-order valence-corrected chi connectivity index (χ0v) is 15.2. The molecule has 1 spiro atoms. The molecule has 0 aromatic rings. The van der Waals surface area contributed by atoms with Gasteiger partial charge in [-0.2, -0.15) is 0 Å². The van der Waals surface area contributed by atoms with E-state index in [0.717, 1.165) is 38.6 Å². The van der Waals surface area contributed by atoms with Gasteiger partial charge in [0, 0.05) is 6.54 Å². The van der Waals surface area contributed by atoms with Gasteiger partial charge in [-0.15, -0.1) is 11.8 Å². The number of thioether (sulfide) groups is 1. The van der Waals surface area contributed by atoms with E-state index in [1.807, 2.05) is 0 Å². The Balaban J connectivity index is 1.92. The first-order chi connectivity index (χ1) is 11.1. The summed E-state index contributed by atoms with van der Waals surface area (Å²) in [5.41, 5.74) is 0. The highest BCUT2D eigenvalue weighted by Crippen LogP contribution is 2.51. The molecule has 132 valence electrons. The smallest absolute Gasteiger partial charge is 0.305 e. The molecule has 1 heterocycles. The summed E-state index contributed by atoms with van der Waals surface area (Å²) in [5, 5.41) is 8.71. The van der Waals surface area contributed by atoms with Crippen LogP contribution < -0.4 is 0 Å². The van der Waals surface area contributed by atoms with Gasteiger partial charge >= 0.3 is 5.97 Å². The van der Waals surface area contributed by atoms with Crippen molar-refractivity contribution in [2.75, 3.05) is 6.54 Å². The summed E-state index contributed by atoms with van der Waals surface area (Å²) in [7, 11) is 0. The number of unbranched alkanes of at least 4 members (excludes halogenated alkanes) is 5. The number of carbonyl (C=O) groups is 2. The fraction of sp³-hybridized carbons (Fsp3) is 0.889. The van der Waals surface area contributed by atoms with Crippen molar-refractivity contribution in [1.82, 2.24) is 4.90 Å². The van der Waals surface area contributed by atoms with Gasteiger partial charge in [0.05, 0.1) is 16.5 Å². The first-order valence-electron chi connectivity index (χ1n) is 9.30. The van der Waals surface area contributed by atoms with Crippen LogP contribution in [0.25, 0.3) is 0 Å². The molecule has 1 N–H and O–H groups in total. The number of hydrogen-bond donors (Lipinski definition) is 1. The number of aliphatic carboxylic acids is 1. The van der Waals surface area contributed by atoms with Gasteiger partial charge < -0.3 is 10.0 Å². The summed E-state index contributed by atoms with van der Waals surface area (Å²) in [6, 6.07) is 0. The van der Waals surface area contributed by atoms with Crippen LogP contribution in [0.15, 0.2) is 0 Å². The Hall–Kier alpha value is -0.710. The zero-order chi connectivity index (χ0) is 16.7. The maximum absolute atomic E-state index is 12.7. The SMILES string of the molecule is CCCCCCCCN1C(=O)C(CC(=O)O)SC12CCCCC2. The molecule has 5 heteroatoms. The normalized spacial score (nSPS) is 23.6. The molecule has 4 nitrogen and oxygen atoms in total. The molecule has 0 aromatic heterocycles. The average Bonchev–Trinajstić information content (AvgIpc) is 2.75. The topological polar surface area (TPSA) is 57.6 Å². The van der Waals surface area contributed by atoms with E-state index in [2.05, 4.69) is 11.8 Å². The molecule has 0 bridgehead atoms. The van der Waals surface area contributed by atoms with Crippen molar-refractivity contribution in [1.29, 1.82) is 0 Å². The van der Waals surface area contributed by atoms with Crippen molar-refractivity contribution in [3.63, 3.8) is 0 Å². The molecule has 1 aliphatic carbocycles. The second-order valence-electron chi connectivity index (χ2n) is 6.97. The first-order valence-corrected chi connectivity index (χ1v) is 10.2. The van der Waals surface area contributed by atoms with E-state index in [-0.39, 0.29) is 22.4 Å². The van der Waals surface area contributed by atoms with E-state index in [1.165, 1.54) is 38.5 Å². The van der Waals surface area contributed by atoms with Crippen molar-refractivity contribution in [3.8, 4) is 0 Å². The lowest BCUT2D eigenvalue weighted by Crippen LogP contribution is -2.46. The predicted molar refractivity (Wildman–Crippen MR) is 94.5 cm³/mol. The molecule has 1 saturated carbocycles. The minimum absolute atomic E-state index is 0.0295. The Kier molecular flexibility index (Phi) is 7.25. The van der Waals surface area contributed by atoms with E-state index >= 15 is 0 Å². The van der Waals surface area contributed by atoms with Gasteiger partial charge in [0.2, 0.25) is 5.91 Å². The molecule has 1 aliphatic heterocycles. The molecule has 1 saturated heterocycles. The van der Waals surface area contributed by atoms with Gasteiger partial charge in [-0.05, 0) is 19.3 Å². The molecule has 2 rings (SSSR count). The summed E-state index contributed by atoms with van der Waals surface area (Å²) >= 11 is 1.65. The molecule has 0 aromatic carbocycles. The molecular formula is C18H31NO3S. The van der Waals surface area contributed by atoms with Crippen LogP contribution >= 0.6 is 11.8 Å². The van der Waals surface area contributed by atoms with Crippen LogP contribution in [-0.2, 0) is 9.59 Å². The molecule has 1 unspecified atom stereocenters. The fourth-order valence-corrected chi connectivity index (χ4v) is 5.71. The van der Waals surface area contributed by atoms with E-state index in [0.29, 0.717) is 0 Å². The minimum Gasteiger partial charge on any atom is -0.481 e. The van der Waals surface area contributed by atoms with Gasteiger partial charge in [0.25, 0.3) is 0 Å². The van der Waals surface area contributed by atoms with Crippen molar-refractivity contribution in [2.45, 2.75) is 94.1 Å². The Bertz CT molecular complexity index is 407. The molecule has 23 heavy (non-hydrogen) atoms. The number of amides is 1.